The van der Waals surface area contributed by atoms with Gasteiger partial charge in [0, 0.05) is 16.9 Å². The first-order valence-electron chi connectivity index (χ1n) is 23.3. The van der Waals surface area contributed by atoms with Gasteiger partial charge in [-0.25, -0.2) is 0 Å². The Balaban J connectivity index is 1.25. The molecule has 0 fully saturated rings. The Hall–Kier alpha value is -7.22. The van der Waals surface area contributed by atoms with Crippen LogP contribution >= 0.6 is 0 Å². The van der Waals surface area contributed by atoms with Gasteiger partial charge in [0.1, 0.15) is 0 Å². The van der Waals surface area contributed by atoms with Crippen LogP contribution in [0.5, 0.6) is 0 Å². The van der Waals surface area contributed by atoms with Crippen LogP contribution in [0.4, 0.5) is 17.1 Å². The second-order valence-corrected chi connectivity index (χ2v) is 19.5. The molecule has 316 valence electrons. The van der Waals surface area contributed by atoms with E-state index < -0.39 is 5.41 Å². The topological polar surface area (TPSA) is 3.24 Å². The highest BCUT2D eigenvalue weighted by molar-refractivity contribution is 5.97. The Morgan fingerprint density at radius 2 is 0.815 bits per heavy atom. The molecule has 0 unspecified atom stereocenters. The Morgan fingerprint density at radius 3 is 1.35 bits per heavy atom. The van der Waals surface area contributed by atoms with Crippen LogP contribution in [0.25, 0.3) is 44.5 Å². The Bertz CT molecular complexity index is 3040. The lowest BCUT2D eigenvalue weighted by Gasteiger charge is -2.43. The van der Waals surface area contributed by atoms with Gasteiger partial charge < -0.3 is 4.90 Å². The first-order valence-corrected chi connectivity index (χ1v) is 23.3. The molecule has 0 radical (unpaired) electrons. The predicted octanol–water partition coefficient (Wildman–Crippen LogP) is 17.2. The molecular weight excluding hydrogens is 783 g/mol. The van der Waals surface area contributed by atoms with E-state index in [0.29, 0.717) is 0 Å². The zero-order valence-electron chi connectivity index (χ0n) is 38.1. The maximum atomic E-state index is 2.56. The Labute approximate surface area is 385 Å². The van der Waals surface area contributed by atoms with Crippen molar-refractivity contribution in [2.45, 2.75) is 63.7 Å². The van der Waals surface area contributed by atoms with Gasteiger partial charge >= 0.3 is 0 Å². The summed E-state index contributed by atoms with van der Waals surface area (Å²) < 4.78 is 0. The second kappa shape index (κ2) is 15.8. The standard InChI is InChI=1S/C64H55N/c1-44-53(38-39-58-61(44)63(4,5)41-40-62(58,2)3)56-42-55-54-28-18-19-29-57(54)64(49-24-14-8-15-25-49,50-26-16-9-17-27-50)59(55)43-60(56)65(51-34-30-47(31-35-51)45-20-10-6-11-21-45)52-36-32-48(33-37-52)46-22-12-7-13-23-46/h6-39,42-43H,40-41H2,1-5H3. The van der Waals surface area contributed by atoms with E-state index in [1.54, 1.807) is 0 Å². The minimum absolute atomic E-state index is 0.0461. The van der Waals surface area contributed by atoms with E-state index in [1.807, 2.05) is 0 Å². The van der Waals surface area contributed by atoms with Gasteiger partial charge in [-0.05, 0) is 145 Å². The fourth-order valence-corrected chi connectivity index (χ4v) is 11.5. The fourth-order valence-electron chi connectivity index (χ4n) is 11.5. The van der Waals surface area contributed by atoms with Crippen LogP contribution in [-0.2, 0) is 16.2 Å². The molecule has 0 bridgehead atoms. The summed E-state index contributed by atoms with van der Waals surface area (Å²) in [7, 11) is 0. The lowest BCUT2D eigenvalue weighted by molar-refractivity contribution is 0.330. The molecule has 2 aliphatic carbocycles. The van der Waals surface area contributed by atoms with Gasteiger partial charge in [-0.15, -0.1) is 0 Å². The van der Waals surface area contributed by atoms with Crippen LogP contribution < -0.4 is 4.90 Å². The molecule has 0 saturated carbocycles. The maximum absolute atomic E-state index is 2.56. The number of rotatable bonds is 8. The summed E-state index contributed by atoms with van der Waals surface area (Å²) >= 11 is 0. The molecule has 0 amide bonds. The van der Waals surface area contributed by atoms with Crippen LogP contribution in [-0.4, -0.2) is 0 Å². The second-order valence-electron chi connectivity index (χ2n) is 19.5. The van der Waals surface area contributed by atoms with Gasteiger partial charge in [0.05, 0.1) is 11.1 Å². The largest absolute Gasteiger partial charge is 0.310 e. The average Bonchev–Trinajstić information content (AvgIpc) is 3.64. The summed E-state index contributed by atoms with van der Waals surface area (Å²) in [4.78, 5) is 2.52. The summed E-state index contributed by atoms with van der Waals surface area (Å²) in [6.45, 7) is 12.2. The molecular formula is C64H55N. The van der Waals surface area contributed by atoms with E-state index in [4.69, 9.17) is 0 Å². The highest BCUT2D eigenvalue weighted by Gasteiger charge is 2.47. The van der Waals surface area contributed by atoms with Crippen molar-refractivity contribution in [1.82, 2.24) is 0 Å². The maximum Gasteiger partial charge on any atom is 0.0714 e. The minimum Gasteiger partial charge on any atom is -0.310 e. The molecule has 0 saturated heterocycles. The van der Waals surface area contributed by atoms with Crippen molar-refractivity contribution in [3.8, 4) is 44.5 Å². The molecule has 0 aromatic heterocycles. The molecule has 0 aliphatic heterocycles. The van der Waals surface area contributed by atoms with Gasteiger partial charge in [0.25, 0.3) is 0 Å². The molecule has 1 heteroatoms. The molecule has 65 heavy (non-hydrogen) atoms. The third kappa shape index (κ3) is 6.67. The van der Waals surface area contributed by atoms with E-state index in [2.05, 4.69) is 258 Å². The molecule has 0 heterocycles. The number of nitrogens with zero attached hydrogens (tertiary/aromatic N) is 1. The Morgan fingerprint density at radius 1 is 0.354 bits per heavy atom. The van der Waals surface area contributed by atoms with Crippen molar-refractivity contribution in [3.05, 3.63) is 257 Å². The van der Waals surface area contributed by atoms with Gasteiger partial charge in [-0.3, -0.25) is 0 Å². The van der Waals surface area contributed by atoms with Crippen LogP contribution in [0, 0.1) is 6.92 Å². The highest BCUT2D eigenvalue weighted by Crippen LogP contribution is 2.60. The highest BCUT2D eigenvalue weighted by atomic mass is 15.1. The molecule has 2 aliphatic rings. The van der Waals surface area contributed by atoms with E-state index in [9.17, 15) is 0 Å². The molecule has 9 aromatic carbocycles. The monoisotopic (exact) mass is 837 g/mol. The summed E-state index contributed by atoms with van der Waals surface area (Å²) in [5.74, 6) is 0. The lowest BCUT2D eigenvalue weighted by atomic mass is 9.61. The van der Waals surface area contributed by atoms with E-state index in [0.717, 1.165) is 23.5 Å². The number of hydrogen-bond donors (Lipinski definition) is 0. The first kappa shape index (κ1) is 40.5. The molecule has 9 aromatic rings. The van der Waals surface area contributed by atoms with Crippen LogP contribution in [0.2, 0.25) is 0 Å². The lowest BCUT2D eigenvalue weighted by Crippen LogP contribution is -2.34. The van der Waals surface area contributed by atoms with Crippen molar-refractivity contribution in [3.63, 3.8) is 0 Å². The number of hydrogen-bond acceptors (Lipinski definition) is 1. The number of fused-ring (bicyclic) bond motifs is 4. The minimum atomic E-state index is -0.557. The van der Waals surface area contributed by atoms with E-state index >= 15 is 0 Å². The summed E-state index contributed by atoms with van der Waals surface area (Å²) in [5, 5.41) is 0. The van der Waals surface area contributed by atoms with Gasteiger partial charge in [-0.2, -0.15) is 0 Å². The summed E-state index contributed by atoms with van der Waals surface area (Å²) in [6, 6.07) is 81.4. The van der Waals surface area contributed by atoms with Gasteiger partial charge in [0.2, 0.25) is 0 Å². The van der Waals surface area contributed by atoms with Crippen LogP contribution in [0.15, 0.2) is 218 Å². The van der Waals surface area contributed by atoms with Crippen LogP contribution in [0.3, 0.4) is 0 Å². The van der Waals surface area contributed by atoms with E-state index in [-0.39, 0.29) is 10.8 Å². The molecule has 11 rings (SSSR count). The number of anilines is 3. The van der Waals surface area contributed by atoms with Crippen molar-refractivity contribution in [2.75, 3.05) is 4.90 Å². The summed E-state index contributed by atoms with van der Waals surface area (Å²) in [6.07, 6.45) is 2.34. The van der Waals surface area contributed by atoms with Crippen LogP contribution in [0.1, 0.15) is 79.5 Å². The fraction of sp³-hybridized carbons (Fsp3) is 0.156. The normalized spacial score (nSPS) is 15.1. The number of benzene rings is 9. The average molecular weight is 838 g/mol. The third-order valence-corrected chi connectivity index (χ3v) is 14.8. The predicted molar refractivity (Wildman–Crippen MR) is 275 cm³/mol. The van der Waals surface area contributed by atoms with E-state index in [1.165, 1.54) is 89.9 Å². The van der Waals surface area contributed by atoms with Crippen molar-refractivity contribution < 1.29 is 0 Å². The smallest absolute Gasteiger partial charge is 0.0714 e. The van der Waals surface area contributed by atoms with Crippen molar-refractivity contribution in [2.24, 2.45) is 0 Å². The first-order chi connectivity index (χ1) is 31.6. The van der Waals surface area contributed by atoms with Gasteiger partial charge in [0.15, 0.2) is 0 Å². The molecule has 0 N–H and O–H groups in total. The SMILES string of the molecule is Cc1c(-c2cc3c(cc2N(c2ccc(-c4ccccc4)cc2)c2ccc(-c4ccccc4)cc2)C(c2ccccc2)(c2ccccc2)c2ccccc2-3)ccc2c1C(C)(C)CCC2(C)C. The van der Waals surface area contributed by atoms with Gasteiger partial charge in [-0.1, -0.05) is 210 Å². The van der Waals surface area contributed by atoms with Crippen molar-refractivity contribution in [1.29, 1.82) is 0 Å². The molecule has 0 spiro atoms. The quantitative estimate of drug-likeness (QED) is 0.147. The summed E-state index contributed by atoms with van der Waals surface area (Å²) in [5.41, 5.74) is 22.3. The van der Waals surface area contributed by atoms with Crippen molar-refractivity contribution >= 4 is 17.1 Å². The zero-order chi connectivity index (χ0) is 44.3. The zero-order valence-corrected chi connectivity index (χ0v) is 38.1. The Kier molecular flexibility index (Phi) is 9.85. The molecule has 0 atom stereocenters. The third-order valence-electron chi connectivity index (χ3n) is 14.8. The molecule has 1 nitrogen and oxygen atoms in total.